The fourth-order valence-electron chi connectivity index (χ4n) is 3.79. The Morgan fingerprint density at radius 1 is 1.12 bits per heavy atom. The minimum absolute atomic E-state index is 0.586. The van der Waals surface area contributed by atoms with E-state index in [1.54, 1.807) is 0 Å². The Morgan fingerprint density at radius 3 is 2.77 bits per heavy atom. The molecule has 2 aromatic rings. The summed E-state index contributed by atoms with van der Waals surface area (Å²) in [4.78, 5) is 6.84. The Bertz CT molecular complexity index is 617. The van der Waals surface area contributed by atoms with Crippen LogP contribution in [0.1, 0.15) is 29.7 Å². The normalized spacial score (nSPS) is 20.0. The van der Waals surface area contributed by atoms with Crippen LogP contribution in [0, 0.1) is 0 Å². The van der Waals surface area contributed by atoms with E-state index >= 15 is 0 Å². The van der Waals surface area contributed by atoms with Gasteiger partial charge in [-0.15, -0.1) is 0 Å². The second-order valence-electron chi connectivity index (χ2n) is 7.25. The van der Waals surface area contributed by atoms with E-state index in [9.17, 15) is 0 Å². The van der Waals surface area contributed by atoms with Gasteiger partial charge in [0.05, 0.1) is 0 Å². The van der Waals surface area contributed by atoms with E-state index < -0.39 is 0 Å². The zero-order valence-corrected chi connectivity index (χ0v) is 16.0. The topological polar surface area (TPSA) is 40.2 Å². The molecule has 0 bridgehead atoms. The van der Waals surface area contributed by atoms with Crippen LogP contribution in [0.25, 0.3) is 0 Å². The molecular formula is C22H32N4. The zero-order chi connectivity index (χ0) is 18.0. The van der Waals surface area contributed by atoms with Crippen LogP contribution in [0.4, 0.5) is 0 Å². The highest BCUT2D eigenvalue weighted by Crippen LogP contribution is 2.17. The standard InChI is InChI=1S/C13H21N3.C9H11N/c1-14-9-13-11-16(8-7-15-13)10-12-5-3-2-4-6-12;1-2-6-9-8(4-1)5-3-7-10-9/h2-6,13-15H,7-11H2,1H3;3,5,7H,1-2,4,6H2. The molecule has 1 fully saturated rings. The number of likely N-dealkylation sites (N-methyl/N-ethyl adjacent to an activating group) is 1. The maximum absolute atomic E-state index is 4.32. The first kappa shape index (κ1) is 19.0. The Balaban J connectivity index is 0.000000167. The molecule has 1 unspecified atom stereocenters. The van der Waals surface area contributed by atoms with Crippen molar-refractivity contribution >= 4 is 0 Å². The van der Waals surface area contributed by atoms with Crippen LogP contribution in [0.5, 0.6) is 0 Å². The van der Waals surface area contributed by atoms with Gasteiger partial charge in [0.1, 0.15) is 0 Å². The molecule has 0 radical (unpaired) electrons. The number of aryl methyl sites for hydroxylation is 2. The van der Waals surface area contributed by atoms with Gasteiger partial charge in [-0.25, -0.2) is 0 Å². The lowest BCUT2D eigenvalue weighted by atomic mass is 9.96. The second kappa shape index (κ2) is 10.4. The molecule has 1 aromatic carbocycles. The Hall–Kier alpha value is -1.75. The number of hydrogen-bond acceptors (Lipinski definition) is 4. The summed E-state index contributed by atoms with van der Waals surface area (Å²) in [5.41, 5.74) is 4.20. The van der Waals surface area contributed by atoms with Crippen LogP contribution in [0.2, 0.25) is 0 Å². The lowest BCUT2D eigenvalue weighted by Gasteiger charge is -2.33. The quantitative estimate of drug-likeness (QED) is 0.887. The van der Waals surface area contributed by atoms with Gasteiger partial charge in [0, 0.05) is 50.7 Å². The largest absolute Gasteiger partial charge is 0.318 e. The van der Waals surface area contributed by atoms with E-state index in [0.29, 0.717) is 6.04 Å². The van der Waals surface area contributed by atoms with Crippen molar-refractivity contribution in [1.29, 1.82) is 0 Å². The summed E-state index contributed by atoms with van der Waals surface area (Å²) in [5, 5.41) is 6.76. The first-order chi connectivity index (χ1) is 12.8. The smallest absolute Gasteiger partial charge is 0.0435 e. The summed E-state index contributed by atoms with van der Waals surface area (Å²) in [5.74, 6) is 0. The molecule has 1 saturated heterocycles. The van der Waals surface area contributed by atoms with Crippen LogP contribution in [0.3, 0.4) is 0 Å². The van der Waals surface area contributed by atoms with Crippen molar-refractivity contribution in [1.82, 2.24) is 20.5 Å². The van der Waals surface area contributed by atoms with E-state index in [0.717, 1.165) is 32.7 Å². The fraction of sp³-hybridized carbons (Fsp3) is 0.500. The fourth-order valence-corrected chi connectivity index (χ4v) is 3.79. The third-order valence-electron chi connectivity index (χ3n) is 5.13. The van der Waals surface area contributed by atoms with Gasteiger partial charge in [0.25, 0.3) is 0 Å². The third-order valence-corrected chi connectivity index (χ3v) is 5.13. The molecule has 1 aliphatic heterocycles. The minimum Gasteiger partial charge on any atom is -0.318 e. The van der Waals surface area contributed by atoms with Crippen LogP contribution in [0.15, 0.2) is 48.7 Å². The van der Waals surface area contributed by atoms with Crippen molar-refractivity contribution in [3.05, 3.63) is 65.5 Å². The number of fused-ring (bicyclic) bond motifs is 1. The highest BCUT2D eigenvalue weighted by atomic mass is 15.2. The molecular weight excluding hydrogens is 320 g/mol. The van der Waals surface area contributed by atoms with E-state index in [4.69, 9.17) is 0 Å². The zero-order valence-electron chi connectivity index (χ0n) is 16.0. The lowest BCUT2D eigenvalue weighted by Crippen LogP contribution is -2.53. The highest BCUT2D eigenvalue weighted by Gasteiger charge is 2.18. The molecule has 4 nitrogen and oxygen atoms in total. The molecule has 2 N–H and O–H groups in total. The molecule has 26 heavy (non-hydrogen) atoms. The first-order valence-corrected chi connectivity index (χ1v) is 9.92. The molecule has 0 saturated carbocycles. The SMILES string of the molecule is CNCC1CN(Cc2ccccc2)CCN1.c1cnc2c(c1)CCCC2. The van der Waals surface area contributed by atoms with Crippen molar-refractivity contribution < 1.29 is 0 Å². The van der Waals surface area contributed by atoms with Gasteiger partial charge in [0.2, 0.25) is 0 Å². The van der Waals surface area contributed by atoms with Crippen molar-refractivity contribution in [3.8, 4) is 0 Å². The number of benzene rings is 1. The number of piperazine rings is 1. The maximum atomic E-state index is 4.32. The molecule has 4 heteroatoms. The van der Waals surface area contributed by atoms with Gasteiger partial charge >= 0.3 is 0 Å². The van der Waals surface area contributed by atoms with E-state index in [1.807, 2.05) is 19.3 Å². The van der Waals surface area contributed by atoms with Crippen molar-refractivity contribution in [2.45, 2.75) is 38.3 Å². The number of nitrogens with zero attached hydrogens (tertiary/aromatic N) is 2. The van der Waals surface area contributed by atoms with E-state index in [1.165, 1.54) is 42.5 Å². The van der Waals surface area contributed by atoms with Crippen LogP contribution < -0.4 is 10.6 Å². The molecule has 140 valence electrons. The summed E-state index contributed by atoms with van der Waals surface area (Å²) in [6.07, 6.45) is 6.99. The Kier molecular flexibility index (Phi) is 7.62. The monoisotopic (exact) mass is 352 g/mol. The van der Waals surface area contributed by atoms with Crippen molar-refractivity contribution in [2.24, 2.45) is 0 Å². The van der Waals surface area contributed by atoms with Crippen molar-refractivity contribution in [2.75, 3.05) is 33.2 Å². The van der Waals surface area contributed by atoms with E-state index in [2.05, 4.69) is 56.9 Å². The average molecular weight is 353 g/mol. The summed E-state index contributed by atoms with van der Waals surface area (Å²) >= 11 is 0. The van der Waals surface area contributed by atoms with Gasteiger partial charge in [-0.05, 0) is 49.9 Å². The summed E-state index contributed by atoms with van der Waals surface area (Å²) in [6, 6.07) is 15.5. The molecule has 0 spiro atoms. The molecule has 1 aliphatic carbocycles. The number of rotatable bonds is 4. The molecule has 2 heterocycles. The molecule has 2 aliphatic rings. The van der Waals surface area contributed by atoms with Crippen LogP contribution in [-0.2, 0) is 19.4 Å². The molecule has 1 atom stereocenters. The number of nitrogens with one attached hydrogen (secondary N) is 2. The lowest BCUT2D eigenvalue weighted by molar-refractivity contribution is 0.191. The minimum atomic E-state index is 0.586. The summed E-state index contributed by atoms with van der Waals surface area (Å²) in [7, 11) is 2.01. The Morgan fingerprint density at radius 2 is 1.96 bits per heavy atom. The highest BCUT2D eigenvalue weighted by molar-refractivity contribution is 5.21. The summed E-state index contributed by atoms with van der Waals surface area (Å²) in [6.45, 7) is 5.50. The van der Waals surface area contributed by atoms with Crippen LogP contribution >= 0.6 is 0 Å². The predicted molar refractivity (Wildman–Crippen MR) is 108 cm³/mol. The number of pyridine rings is 1. The number of aromatic nitrogens is 1. The first-order valence-electron chi connectivity index (χ1n) is 9.92. The van der Waals surface area contributed by atoms with Crippen LogP contribution in [-0.4, -0.2) is 49.2 Å². The Labute approximate surface area is 158 Å². The van der Waals surface area contributed by atoms with E-state index in [-0.39, 0.29) is 0 Å². The number of hydrogen-bond donors (Lipinski definition) is 2. The summed E-state index contributed by atoms with van der Waals surface area (Å²) < 4.78 is 0. The molecule has 1 aromatic heterocycles. The van der Waals surface area contributed by atoms with Gasteiger partial charge in [-0.1, -0.05) is 36.4 Å². The average Bonchev–Trinajstić information content (AvgIpc) is 2.70. The second-order valence-corrected chi connectivity index (χ2v) is 7.25. The van der Waals surface area contributed by atoms with Gasteiger partial charge in [-0.2, -0.15) is 0 Å². The third kappa shape index (κ3) is 5.90. The van der Waals surface area contributed by atoms with Gasteiger partial charge in [0.15, 0.2) is 0 Å². The predicted octanol–water partition coefficient (Wildman–Crippen LogP) is 2.64. The molecule has 0 amide bonds. The maximum Gasteiger partial charge on any atom is 0.0435 e. The molecule has 4 rings (SSSR count). The van der Waals surface area contributed by atoms with Gasteiger partial charge < -0.3 is 10.6 Å². The van der Waals surface area contributed by atoms with Gasteiger partial charge in [-0.3, -0.25) is 9.88 Å². The van der Waals surface area contributed by atoms with Crippen molar-refractivity contribution in [3.63, 3.8) is 0 Å².